The maximum atomic E-state index is 13.5. The van der Waals surface area contributed by atoms with Gasteiger partial charge in [0.25, 0.3) is 15.9 Å². The van der Waals surface area contributed by atoms with Crippen molar-refractivity contribution < 1.29 is 22.7 Å². The van der Waals surface area contributed by atoms with Crippen LogP contribution >= 0.6 is 0 Å². The molecule has 0 spiro atoms. The molecule has 3 aromatic rings. The van der Waals surface area contributed by atoms with Crippen LogP contribution in [-0.2, 0) is 21.2 Å². The van der Waals surface area contributed by atoms with Gasteiger partial charge in [0.1, 0.15) is 13.2 Å². The van der Waals surface area contributed by atoms with Crippen LogP contribution in [0.4, 0.5) is 5.69 Å². The number of nitrogens with zero attached hydrogens (tertiary/aromatic N) is 2. The highest BCUT2D eigenvalue weighted by Gasteiger charge is 2.28. The molecule has 1 N–H and O–H groups in total. The van der Waals surface area contributed by atoms with E-state index >= 15 is 0 Å². The number of amides is 1. The van der Waals surface area contributed by atoms with Gasteiger partial charge in [0.15, 0.2) is 11.5 Å². The summed E-state index contributed by atoms with van der Waals surface area (Å²) in [6.07, 6.45) is 3.67. The smallest absolute Gasteiger partial charge is 0.264 e. The summed E-state index contributed by atoms with van der Waals surface area (Å²) in [5.74, 6) is 0.466. The molecule has 0 aliphatic heterocycles. The Hall–Kier alpha value is -4.11. The van der Waals surface area contributed by atoms with Crippen molar-refractivity contribution >= 4 is 27.8 Å². The molecule has 188 valence electrons. The zero-order valence-corrected chi connectivity index (χ0v) is 21.1. The van der Waals surface area contributed by atoms with Crippen molar-refractivity contribution in [2.75, 3.05) is 24.6 Å². The van der Waals surface area contributed by atoms with Crippen molar-refractivity contribution in [3.8, 4) is 11.5 Å². The molecule has 1 amide bonds. The summed E-state index contributed by atoms with van der Waals surface area (Å²) in [6.45, 7) is 5.44. The van der Waals surface area contributed by atoms with Crippen LogP contribution in [0, 0.1) is 0 Å². The fourth-order valence-electron chi connectivity index (χ4n) is 3.45. The monoisotopic (exact) mass is 507 g/mol. The Morgan fingerprint density at radius 1 is 1.06 bits per heavy atom. The molecular weight excluding hydrogens is 478 g/mol. The summed E-state index contributed by atoms with van der Waals surface area (Å²) < 4.78 is 38.9. The molecule has 0 atom stereocenters. The van der Waals surface area contributed by atoms with E-state index in [1.165, 1.54) is 25.5 Å². The van der Waals surface area contributed by atoms with E-state index in [4.69, 9.17) is 9.47 Å². The van der Waals surface area contributed by atoms with Crippen molar-refractivity contribution in [2.24, 2.45) is 5.10 Å². The number of hydrogen-bond donors (Lipinski definition) is 1. The topological polar surface area (TPSA) is 97.3 Å². The van der Waals surface area contributed by atoms with Gasteiger partial charge in [-0.3, -0.25) is 9.10 Å². The Labute approximate surface area is 211 Å². The molecule has 3 rings (SSSR count). The number of anilines is 1. The molecule has 0 aliphatic rings. The normalized spacial score (nSPS) is 11.2. The minimum Gasteiger partial charge on any atom is -0.493 e. The first-order chi connectivity index (χ1) is 17.4. The number of nitrogens with one attached hydrogen (secondary N) is 1. The number of benzene rings is 3. The van der Waals surface area contributed by atoms with Gasteiger partial charge in [-0.15, -0.1) is 0 Å². The molecule has 0 saturated carbocycles. The third-order valence-corrected chi connectivity index (χ3v) is 6.98. The molecule has 0 bridgehead atoms. The molecule has 0 unspecified atom stereocenters. The predicted molar refractivity (Wildman–Crippen MR) is 141 cm³/mol. The number of carbonyl (C=O) groups is 1. The van der Waals surface area contributed by atoms with Gasteiger partial charge in [0, 0.05) is 0 Å². The molecule has 3 aromatic carbocycles. The summed E-state index contributed by atoms with van der Waals surface area (Å²) in [4.78, 5) is 12.9. The van der Waals surface area contributed by atoms with Gasteiger partial charge in [-0.25, -0.2) is 13.8 Å². The fourth-order valence-corrected chi connectivity index (χ4v) is 4.93. The zero-order valence-electron chi connectivity index (χ0n) is 20.3. The third kappa shape index (κ3) is 6.51. The highest BCUT2D eigenvalue weighted by Crippen LogP contribution is 2.28. The fraction of sp³-hybridized carbons (Fsp3) is 0.185. The SMILES string of the molecule is C=CCOc1ccc(/C=N\NC(=O)CN(c2ccccc2CC)S(=O)(=O)c2ccccc2)cc1OC. The van der Waals surface area contributed by atoms with E-state index in [2.05, 4.69) is 17.1 Å². The first kappa shape index (κ1) is 26.5. The average Bonchev–Trinajstić information content (AvgIpc) is 2.91. The summed E-state index contributed by atoms with van der Waals surface area (Å²) in [5.41, 5.74) is 4.33. The maximum absolute atomic E-state index is 13.5. The van der Waals surface area contributed by atoms with Gasteiger partial charge in [0.2, 0.25) is 0 Å². The van der Waals surface area contributed by atoms with E-state index in [1.807, 2.05) is 19.1 Å². The number of para-hydroxylation sites is 1. The first-order valence-corrected chi connectivity index (χ1v) is 12.7. The zero-order chi connectivity index (χ0) is 26.0. The molecule has 36 heavy (non-hydrogen) atoms. The van der Waals surface area contributed by atoms with Crippen molar-refractivity contribution in [3.05, 3.63) is 96.6 Å². The van der Waals surface area contributed by atoms with Crippen molar-refractivity contribution in [3.63, 3.8) is 0 Å². The number of sulfonamides is 1. The third-order valence-electron chi connectivity index (χ3n) is 5.21. The molecule has 0 radical (unpaired) electrons. The maximum Gasteiger partial charge on any atom is 0.264 e. The van der Waals surface area contributed by atoms with E-state index in [0.29, 0.717) is 35.8 Å². The predicted octanol–water partition coefficient (Wildman–Crippen LogP) is 4.17. The number of carbonyl (C=O) groups excluding carboxylic acids is 1. The Bertz CT molecular complexity index is 1320. The summed E-state index contributed by atoms with van der Waals surface area (Å²) in [5, 5.41) is 3.99. The van der Waals surface area contributed by atoms with Gasteiger partial charge in [-0.1, -0.05) is 56.0 Å². The summed E-state index contributed by atoms with van der Waals surface area (Å²) in [6, 6.07) is 20.3. The molecule has 8 nitrogen and oxygen atoms in total. The minimum atomic E-state index is -4.00. The summed E-state index contributed by atoms with van der Waals surface area (Å²) >= 11 is 0. The second-order valence-electron chi connectivity index (χ2n) is 7.61. The molecular formula is C27H29N3O5S. The number of methoxy groups -OCH3 is 1. The largest absolute Gasteiger partial charge is 0.493 e. The van der Waals surface area contributed by atoms with Crippen molar-refractivity contribution in [1.29, 1.82) is 0 Å². The van der Waals surface area contributed by atoms with Gasteiger partial charge in [0.05, 0.1) is 23.9 Å². The Kier molecular flexibility index (Phi) is 9.24. The lowest BCUT2D eigenvalue weighted by Crippen LogP contribution is -2.40. The standard InChI is InChI=1S/C27H29N3O5S/c1-4-17-35-25-16-15-21(18-26(25)34-3)19-28-29-27(31)20-30(24-14-10-9-11-22(24)5-2)36(32,33)23-12-7-6-8-13-23/h4,6-16,18-19H,1,5,17,20H2,2-3H3,(H,29,31)/b28-19-. The van der Waals surface area contributed by atoms with Gasteiger partial charge in [-0.2, -0.15) is 5.10 Å². The molecule has 9 heteroatoms. The molecule has 0 saturated heterocycles. The van der Waals surface area contributed by atoms with Crippen LogP contribution in [0.3, 0.4) is 0 Å². The first-order valence-electron chi connectivity index (χ1n) is 11.3. The van der Waals surface area contributed by atoms with E-state index in [9.17, 15) is 13.2 Å². The molecule has 0 heterocycles. The van der Waals surface area contributed by atoms with Crippen molar-refractivity contribution in [2.45, 2.75) is 18.2 Å². The quantitative estimate of drug-likeness (QED) is 0.225. The van der Waals surface area contributed by atoms with Gasteiger partial charge < -0.3 is 9.47 Å². The lowest BCUT2D eigenvalue weighted by Gasteiger charge is -2.25. The van der Waals surface area contributed by atoms with Crippen LogP contribution in [-0.4, -0.2) is 40.8 Å². The number of hydrazone groups is 1. The van der Waals surface area contributed by atoms with Gasteiger partial charge in [-0.05, 0) is 53.9 Å². The molecule has 0 fully saturated rings. The summed E-state index contributed by atoms with van der Waals surface area (Å²) in [7, 11) is -2.47. The Morgan fingerprint density at radius 2 is 1.78 bits per heavy atom. The van der Waals surface area contributed by atoms with Crippen LogP contribution in [0.15, 0.2) is 95.4 Å². The van der Waals surface area contributed by atoms with E-state index in [0.717, 1.165) is 9.87 Å². The number of rotatable bonds is 12. The Morgan fingerprint density at radius 3 is 2.47 bits per heavy atom. The number of hydrogen-bond acceptors (Lipinski definition) is 6. The van der Waals surface area contributed by atoms with Crippen LogP contribution < -0.4 is 19.2 Å². The Balaban J connectivity index is 1.81. The van der Waals surface area contributed by atoms with E-state index in [1.54, 1.807) is 54.6 Å². The van der Waals surface area contributed by atoms with E-state index in [-0.39, 0.29) is 4.90 Å². The highest BCUT2D eigenvalue weighted by molar-refractivity contribution is 7.92. The lowest BCUT2D eigenvalue weighted by molar-refractivity contribution is -0.119. The number of ether oxygens (including phenoxy) is 2. The molecule has 0 aliphatic carbocycles. The molecule has 0 aromatic heterocycles. The van der Waals surface area contributed by atoms with Crippen LogP contribution in [0.2, 0.25) is 0 Å². The lowest BCUT2D eigenvalue weighted by atomic mass is 10.1. The van der Waals surface area contributed by atoms with Crippen LogP contribution in [0.1, 0.15) is 18.1 Å². The van der Waals surface area contributed by atoms with E-state index < -0.39 is 22.5 Å². The van der Waals surface area contributed by atoms with Crippen LogP contribution in [0.5, 0.6) is 11.5 Å². The highest BCUT2D eigenvalue weighted by atomic mass is 32.2. The minimum absolute atomic E-state index is 0.0954. The second kappa shape index (κ2) is 12.6. The second-order valence-corrected chi connectivity index (χ2v) is 9.47. The average molecular weight is 508 g/mol. The van der Waals surface area contributed by atoms with Gasteiger partial charge >= 0.3 is 0 Å². The van der Waals surface area contributed by atoms with Crippen LogP contribution in [0.25, 0.3) is 0 Å². The number of aryl methyl sites for hydroxylation is 1. The van der Waals surface area contributed by atoms with Crippen molar-refractivity contribution in [1.82, 2.24) is 5.43 Å².